The minimum Gasteiger partial charge on any atom is -0.465 e. The standard InChI is InChI=1S/C19H14N4O2/c1-25-19(24)15-9-10-16(13-6-3-2-4-7-13)23-18(15)21-17(22-23)14-8-5-11-20-12-14/h2-12H,1H3. The lowest BCUT2D eigenvalue weighted by atomic mass is 10.1. The van der Waals surface area contributed by atoms with E-state index in [4.69, 9.17) is 4.74 Å². The molecule has 0 radical (unpaired) electrons. The molecule has 0 amide bonds. The number of rotatable bonds is 3. The van der Waals surface area contributed by atoms with E-state index < -0.39 is 5.97 Å². The van der Waals surface area contributed by atoms with Crippen LogP contribution in [0.2, 0.25) is 0 Å². The molecule has 4 rings (SSSR count). The number of ether oxygens (including phenoxy) is 1. The predicted octanol–water partition coefficient (Wildman–Crippen LogP) is 3.24. The zero-order chi connectivity index (χ0) is 17.2. The highest BCUT2D eigenvalue weighted by Crippen LogP contribution is 2.25. The number of hydrogen-bond acceptors (Lipinski definition) is 5. The number of nitrogens with zero attached hydrogens (tertiary/aromatic N) is 4. The molecule has 4 aromatic rings. The first-order valence-electron chi connectivity index (χ1n) is 7.72. The zero-order valence-corrected chi connectivity index (χ0v) is 13.5. The lowest BCUT2D eigenvalue weighted by Crippen LogP contribution is -2.06. The van der Waals surface area contributed by atoms with E-state index in [0.717, 1.165) is 16.8 Å². The van der Waals surface area contributed by atoms with Gasteiger partial charge in [-0.3, -0.25) is 4.98 Å². The molecule has 0 aliphatic rings. The molecular formula is C19H14N4O2. The van der Waals surface area contributed by atoms with Crippen LogP contribution in [0, 0.1) is 0 Å². The van der Waals surface area contributed by atoms with E-state index in [2.05, 4.69) is 15.1 Å². The number of methoxy groups -OCH3 is 1. The van der Waals surface area contributed by atoms with Crippen LogP contribution in [0.25, 0.3) is 28.3 Å². The van der Waals surface area contributed by atoms with Gasteiger partial charge in [0, 0.05) is 23.5 Å². The molecule has 6 nitrogen and oxygen atoms in total. The van der Waals surface area contributed by atoms with Crippen molar-refractivity contribution < 1.29 is 9.53 Å². The Labute approximate surface area is 143 Å². The van der Waals surface area contributed by atoms with Crippen LogP contribution in [0.5, 0.6) is 0 Å². The highest BCUT2D eigenvalue weighted by molar-refractivity contribution is 5.96. The minimum absolute atomic E-state index is 0.366. The van der Waals surface area contributed by atoms with Gasteiger partial charge >= 0.3 is 5.97 Å². The van der Waals surface area contributed by atoms with E-state index in [0.29, 0.717) is 17.0 Å². The van der Waals surface area contributed by atoms with Crippen LogP contribution in [0.4, 0.5) is 0 Å². The SMILES string of the molecule is COC(=O)c1ccc(-c2ccccc2)n2nc(-c3cccnc3)nc12. The van der Waals surface area contributed by atoms with Crippen molar-refractivity contribution in [3.8, 4) is 22.6 Å². The third-order valence-corrected chi connectivity index (χ3v) is 3.88. The normalized spacial score (nSPS) is 10.8. The van der Waals surface area contributed by atoms with Gasteiger partial charge in [-0.25, -0.2) is 14.3 Å². The van der Waals surface area contributed by atoms with E-state index in [9.17, 15) is 4.79 Å². The number of fused-ring (bicyclic) bond motifs is 1. The van der Waals surface area contributed by atoms with Crippen LogP contribution in [0.1, 0.15) is 10.4 Å². The molecule has 0 spiro atoms. The Morgan fingerprint density at radius 2 is 1.80 bits per heavy atom. The summed E-state index contributed by atoms with van der Waals surface area (Å²) in [6.07, 6.45) is 3.38. The van der Waals surface area contributed by atoms with Crippen LogP contribution in [-0.2, 0) is 4.74 Å². The number of carbonyl (C=O) groups is 1. The first kappa shape index (κ1) is 15.0. The van der Waals surface area contributed by atoms with Gasteiger partial charge in [-0.2, -0.15) is 0 Å². The first-order chi connectivity index (χ1) is 12.3. The maximum absolute atomic E-state index is 12.1. The Morgan fingerprint density at radius 1 is 1.00 bits per heavy atom. The summed E-state index contributed by atoms with van der Waals surface area (Å²) in [5.74, 6) is 0.0522. The average molecular weight is 330 g/mol. The first-order valence-corrected chi connectivity index (χ1v) is 7.72. The Balaban J connectivity index is 1.99. The largest absolute Gasteiger partial charge is 0.465 e. The Kier molecular flexibility index (Phi) is 3.70. The third-order valence-electron chi connectivity index (χ3n) is 3.88. The van der Waals surface area contributed by atoms with Gasteiger partial charge in [0.15, 0.2) is 11.5 Å². The molecule has 0 saturated heterocycles. The molecule has 122 valence electrons. The van der Waals surface area contributed by atoms with Crippen molar-refractivity contribution in [1.29, 1.82) is 0 Å². The zero-order valence-electron chi connectivity index (χ0n) is 13.5. The number of hydrogen-bond donors (Lipinski definition) is 0. The summed E-state index contributed by atoms with van der Waals surface area (Å²) in [5.41, 5.74) is 3.41. The molecular weight excluding hydrogens is 316 g/mol. The fourth-order valence-corrected chi connectivity index (χ4v) is 2.68. The van der Waals surface area contributed by atoms with Crippen LogP contribution >= 0.6 is 0 Å². The van der Waals surface area contributed by atoms with Gasteiger partial charge in [0.1, 0.15) is 5.56 Å². The van der Waals surface area contributed by atoms with E-state index in [1.165, 1.54) is 7.11 Å². The smallest absolute Gasteiger partial charge is 0.341 e. The Morgan fingerprint density at radius 3 is 2.52 bits per heavy atom. The lowest BCUT2D eigenvalue weighted by molar-refractivity contribution is 0.0602. The molecule has 3 aromatic heterocycles. The molecule has 25 heavy (non-hydrogen) atoms. The maximum atomic E-state index is 12.1. The summed E-state index contributed by atoms with van der Waals surface area (Å²) in [5, 5.41) is 4.59. The molecule has 0 bridgehead atoms. The van der Waals surface area contributed by atoms with Crippen molar-refractivity contribution in [2.24, 2.45) is 0 Å². The molecule has 0 fully saturated rings. The van der Waals surface area contributed by atoms with Crippen molar-refractivity contribution in [2.45, 2.75) is 0 Å². The van der Waals surface area contributed by atoms with Gasteiger partial charge in [-0.05, 0) is 24.3 Å². The molecule has 0 aliphatic heterocycles. The lowest BCUT2D eigenvalue weighted by Gasteiger charge is -2.07. The molecule has 1 aromatic carbocycles. The number of benzene rings is 1. The molecule has 3 heterocycles. The second-order valence-corrected chi connectivity index (χ2v) is 5.40. The van der Waals surface area contributed by atoms with E-state index >= 15 is 0 Å². The van der Waals surface area contributed by atoms with Gasteiger partial charge in [-0.15, -0.1) is 5.10 Å². The quantitative estimate of drug-likeness (QED) is 0.539. The molecule has 0 saturated carbocycles. The highest BCUT2D eigenvalue weighted by Gasteiger charge is 2.18. The predicted molar refractivity (Wildman–Crippen MR) is 93.0 cm³/mol. The van der Waals surface area contributed by atoms with Crippen LogP contribution in [0.3, 0.4) is 0 Å². The van der Waals surface area contributed by atoms with Crippen molar-refractivity contribution in [2.75, 3.05) is 7.11 Å². The van der Waals surface area contributed by atoms with E-state index in [1.807, 2.05) is 48.5 Å². The van der Waals surface area contributed by atoms with Gasteiger partial charge in [-0.1, -0.05) is 30.3 Å². The summed E-state index contributed by atoms with van der Waals surface area (Å²) < 4.78 is 6.54. The Bertz CT molecular complexity index is 1040. The summed E-state index contributed by atoms with van der Waals surface area (Å²) in [6.45, 7) is 0. The van der Waals surface area contributed by atoms with Gasteiger partial charge in [0.25, 0.3) is 0 Å². The molecule has 0 atom stereocenters. The van der Waals surface area contributed by atoms with Gasteiger partial charge < -0.3 is 4.74 Å². The summed E-state index contributed by atoms with van der Waals surface area (Å²) >= 11 is 0. The molecule has 0 aliphatic carbocycles. The van der Waals surface area contributed by atoms with Gasteiger partial charge in [0.2, 0.25) is 0 Å². The molecule has 0 unspecified atom stereocenters. The third kappa shape index (κ3) is 2.63. The average Bonchev–Trinajstić information content (AvgIpc) is 3.13. The minimum atomic E-state index is -0.449. The summed E-state index contributed by atoms with van der Waals surface area (Å²) in [4.78, 5) is 20.8. The molecule has 0 N–H and O–H groups in total. The summed E-state index contributed by atoms with van der Waals surface area (Å²) in [7, 11) is 1.35. The fraction of sp³-hybridized carbons (Fsp3) is 0.0526. The van der Waals surface area contributed by atoms with Crippen LogP contribution in [0.15, 0.2) is 67.0 Å². The second-order valence-electron chi connectivity index (χ2n) is 5.40. The van der Waals surface area contributed by atoms with Crippen LogP contribution in [-0.4, -0.2) is 32.7 Å². The number of aromatic nitrogens is 4. The van der Waals surface area contributed by atoms with E-state index in [-0.39, 0.29) is 0 Å². The molecule has 6 heteroatoms. The Hall–Kier alpha value is -3.54. The van der Waals surface area contributed by atoms with Crippen LogP contribution < -0.4 is 0 Å². The highest BCUT2D eigenvalue weighted by atomic mass is 16.5. The van der Waals surface area contributed by atoms with Crippen molar-refractivity contribution >= 4 is 11.6 Å². The van der Waals surface area contributed by atoms with E-state index in [1.54, 1.807) is 23.0 Å². The maximum Gasteiger partial charge on any atom is 0.341 e. The fourth-order valence-electron chi connectivity index (χ4n) is 2.68. The number of carbonyl (C=O) groups excluding carboxylic acids is 1. The second kappa shape index (κ2) is 6.16. The van der Waals surface area contributed by atoms with Crippen molar-refractivity contribution in [1.82, 2.24) is 19.6 Å². The number of pyridine rings is 2. The number of esters is 1. The monoisotopic (exact) mass is 330 g/mol. The summed E-state index contributed by atoms with van der Waals surface area (Å²) in [6, 6.07) is 17.1. The van der Waals surface area contributed by atoms with Gasteiger partial charge in [0.05, 0.1) is 12.8 Å². The topological polar surface area (TPSA) is 69.4 Å². The van der Waals surface area contributed by atoms with Crippen molar-refractivity contribution in [3.05, 3.63) is 72.6 Å². The van der Waals surface area contributed by atoms with Crippen molar-refractivity contribution in [3.63, 3.8) is 0 Å².